The highest BCUT2D eigenvalue weighted by atomic mass is 127. The van der Waals surface area contributed by atoms with E-state index in [1.54, 1.807) is 25.3 Å². The molecule has 1 aromatic rings. The van der Waals surface area contributed by atoms with Crippen LogP contribution in [0.2, 0.25) is 0 Å². The molecule has 25 heavy (non-hydrogen) atoms. The number of rotatable bonds is 7. The zero-order valence-corrected chi connectivity index (χ0v) is 18.7. The summed E-state index contributed by atoms with van der Waals surface area (Å²) in [7, 11) is -1.31. The minimum absolute atomic E-state index is 0. The second-order valence-electron chi connectivity index (χ2n) is 5.55. The van der Waals surface area contributed by atoms with Gasteiger partial charge in [-0.2, -0.15) is 0 Å². The lowest BCUT2D eigenvalue weighted by Gasteiger charge is -2.37. The maximum Gasteiger partial charge on any atom is 0.211 e. The number of piperazine rings is 1. The predicted octanol–water partition coefficient (Wildman–Crippen LogP) is 1.39. The maximum atomic E-state index is 11.4. The van der Waals surface area contributed by atoms with Crippen LogP contribution in [0.25, 0.3) is 0 Å². The second-order valence-corrected chi connectivity index (χ2v) is 8.57. The molecule has 0 aliphatic carbocycles. The first-order valence-electron chi connectivity index (χ1n) is 8.27. The van der Waals surface area contributed by atoms with Crippen LogP contribution < -0.4 is 14.9 Å². The first-order valence-corrected chi connectivity index (χ1v) is 10.8. The molecule has 0 amide bonds. The molecule has 0 atom stereocenters. The number of aliphatic imine (C=N–C) groups is 1. The Hall–Kier alpha value is -0.590. The highest BCUT2D eigenvalue weighted by molar-refractivity contribution is 14.0. The molecule has 144 valence electrons. The van der Waals surface area contributed by atoms with Crippen molar-refractivity contribution in [1.29, 1.82) is 0 Å². The van der Waals surface area contributed by atoms with Gasteiger partial charge in [-0.3, -0.25) is 4.99 Å². The Bertz CT molecular complexity index is 614. The summed E-state index contributed by atoms with van der Waals surface area (Å²) >= 11 is 1.77. The molecule has 0 radical (unpaired) electrons. The Labute approximate surface area is 171 Å². The fraction of sp³-hybridized carbons (Fsp3) is 0.667. The maximum absolute atomic E-state index is 11.4. The minimum atomic E-state index is -3.10. The van der Waals surface area contributed by atoms with Crippen molar-refractivity contribution in [3.63, 3.8) is 0 Å². The molecule has 1 aliphatic heterocycles. The predicted molar refractivity (Wildman–Crippen MR) is 117 cm³/mol. The van der Waals surface area contributed by atoms with Crippen LogP contribution >= 0.6 is 35.3 Å². The van der Waals surface area contributed by atoms with Crippen molar-refractivity contribution in [3.8, 4) is 0 Å². The molecule has 2 N–H and O–H groups in total. The summed E-state index contributed by atoms with van der Waals surface area (Å²) in [4.78, 5) is 8.99. The fourth-order valence-corrected chi connectivity index (χ4v) is 3.98. The van der Waals surface area contributed by atoms with E-state index in [2.05, 4.69) is 42.3 Å². The van der Waals surface area contributed by atoms with Crippen molar-refractivity contribution in [3.05, 3.63) is 17.5 Å². The Kier molecular flexibility index (Phi) is 10.1. The van der Waals surface area contributed by atoms with Gasteiger partial charge in [-0.1, -0.05) is 0 Å². The smallest absolute Gasteiger partial charge is 0.211 e. The number of nitrogens with zero attached hydrogens (tertiary/aromatic N) is 3. The van der Waals surface area contributed by atoms with Gasteiger partial charge in [0.1, 0.15) is 0 Å². The largest absolute Gasteiger partial charge is 0.360 e. The number of hydrogen-bond donors (Lipinski definition) is 2. The normalized spacial score (nSPS) is 15.8. The highest BCUT2D eigenvalue weighted by Gasteiger charge is 2.20. The highest BCUT2D eigenvalue weighted by Crippen LogP contribution is 2.22. The van der Waals surface area contributed by atoms with E-state index in [4.69, 9.17) is 0 Å². The van der Waals surface area contributed by atoms with E-state index in [0.29, 0.717) is 13.1 Å². The zero-order chi connectivity index (χ0) is 17.4. The zero-order valence-electron chi connectivity index (χ0n) is 14.8. The molecule has 2 rings (SSSR count). The first kappa shape index (κ1) is 22.5. The number of sulfonamides is 1. The third kappa shape index (κ3) is 7.27. The first-order chi connectivity index (χ1) is 11.6. The molecule has 2 heterocycles. The summed E-state index contributed by atoms with van der Waals surface area (Å²) in [6.07, 6.45) is 0.730. The van der Waals surface area contributed by atoms with Crippen molar-refractivity contribution in [2.24, 2.45) is 4.99 Å². The molecule has 7 nitrogen and oxygen atoms in total. The van der Waals surface area contributed by atoms with Crippen molar-refractivity contribution >= 4 is 56.3 Å². The van der Waals surface area contributed by atoms with Gasteiger partial charge < -0.3 is 15.1 Å². The van der Waals surface area contributed by atoms with Crippen LogP contribution in [0.1, 0.15) is 13.3 Å². The molecule has 0 saturated carbocycles. The molecule has 1 aliphatic rings. The van der Waals surface area contributed by atoms with Gasteiger partial charge in [0.05, 0.1) is 10.8 Å². The summed E-state index contributed by atoms with van der Waals surface area (Å²) in [5, 5.41) is 6.74. The van der Waals surface area contributed by atoms with Crippen LogP contribution in [-0.2, 0) is 10.0 Å². The van der Waals surface area contributed by atoms with Crippen LogP contribution in [0.4, 0.5) is 5.00 Å². The van der Waals surface area contributed by atoms with Gasteiger partial charge in [-0.15, -0.1) is 35.3 Å². The van der Waals surface area contributed by atoms with Crippen LogP contribution in [0, 0.1) is 0 Å². The number of nitrogens with one attached hydrogen (secondary N) is 2. The lowest BCUT2D eigenvalue weighted by atomic mass is 10.3. The van der Waals surface area contributed by atoms with Crippen molar-refractivity contribution in [2.75, 3.05) is 57.0 Å². The molecule has 0 spiro atoms. The molecule has 10 heteroatoms. The third-order valence-corrected chi connectivity index (χ3v) is 6.28. The number of guanidine groups is 1. The standard InChI is InChI=1S/C15H27N5O2S2.HI/c1-3-24(21,22)18-8-5-7-17-15(16-2)20-11-9-19(10-12-20)14-6-4-13-23-14;/h4,6,13,18H,3,5,7-12H2,1-2H3,(H,16,17);1H. The number of thiophene rings is 1. The number of hydrogen-bond acceptors (Lipinski definition) is 5. The van der Waals surface area contributed by atoms with Gasteiger partial charge in [-0.25, -0.2) is 13.1 Å². The average Bonchev–Trinajstić information content (AvgIpc) is 3.13. The van der Waals surface area contributed by atoms with E-state index in [1.165, 1.54) is 5.00 Å². The SMILES string of the molecule is CCS(=O)(=O)NCCCNC(=NC)N1CCN(c2cccs2)CC1.I. The number of halogens is 1. The average molecular weight is 501 g/mol. The summed E-state index contributed by atoms with van der Waals surface area (Å²) in [5.41, 5.74) is 0. The van der Waals surface area contributed by atoms with Crippen molar-refractivity contribution in [1.82, 2.24) is 14.9 Å². The summed E-state index contributed by atoms with van der Waals surface area (Å²) < 4.78 is 25.3. The summed E-state index contributed by atoms with van der Waals surface area (Å²) in [5.74, 6) is 1.01. The van der Waals surface area contributed by atoms with Crippen LogP contribution in [-0.4, -0.2) is 71.3 Å². The Morgan fingerprint density at radius 1 is 1.28 bits per heavy atom. The van der Waals surface area contributed by atoms with E-state index in [0.717, 1.165) is 38.6 Å². The lowest BCUT2D eigenvalue weighted by molar-refractivity contribution is 0.373. The van der Waals surface area contributed by atoms with E-state index in [9.17, 15) is 8.42 Å². The Morgan fingerprint density at radius 2 is 2.00 bits per heavy atom. The van der Waals surface area contributed by atoms with E-state index < -0.39 is 10.0 Å². The van der Waals surface area contributed by atoms with E-state index >= 15 is 0 Å². The van der Waals surface area contributed by atoms with Gasteiger partial charge in [0, 0.05) is 46.3 Å². The molecule has 1 saturated heterocycles. The number of anilines is 1. The Balaban J connectivity index is 0.00000312. The second kappa shape index (κ2) is 11.2. The van der Waals surface area contributed by atoms with Crippen molar-refractivity contribution in [2.45, 2.75) is 13.3 Å². The van der Waals surface area contributed by atoms with Crippen LogP contribution in [0.15, 0.2) is 22.5 Å². The molecule has 0 unspecified atom stereocenters. The quantitative estimate of drug-likeness (QED) is 0.256. The van der Waals surface area contributed by atoms with Crippen LogP contribution in [0.5, 0.6) is 0 Å². The Morgan fingerprint density at radius 3 is 2.56 bits per heavy atom. The van der Waals surface area contributed by atoms with Crippen LogP contribution in [0.3, 0.4) is 0 Å². The van der Waals surface area contributed by atoms with Gasteiger partial charge in [0.25, 0.3) is 0 Å². The third-order valence-electron chi connectivity index (χ3n) is 3.95. The van der Waals surface area contributed by atoms with Gasteiger partial charge in [0.2, 0.25) is 10.0 Å². The molecule has 1 fully saturated rings. The molecular formula is C15H28IN5O2S2. The van der Waals surface area contributed by atoms with Crippen molar-refractivity contribution < 1.29 is 8.42 Å². The molecule has 0 aromatic carbocycles. The fourth-order valence-electron chi connectivity index (χ4n) is 2.54. The summed E-state index contributed by atoms with van der Waals surface area (Å²) in [6, 6.07) is 4.24. The topological polar surface area (TPSA) is 77.0 Å². The molecular weight excluding hydrogens is 473 g/mol. The van der Waals surface area contributed by atoms with E-state index in [-0.39, 0.29) is 29.7 Å². The monoisotopic (exact) mass is 501 g/mol. The lowest BCUT2D eigenvalue weighted by Crippen LogP contribution is -2.52. The van der Waals surface area contributed by atoms with Gasteiger partial charge >= 0.3 is 0 Å². The van der Waals surface area contributed by atoms with E-state index in [1.807, 2.05) is 0 Å². The molecule has 1 aromatic heterocycles. The minimum Gasteiger partial charge on any atom is -0.360 e. The molecule has 0 bridgehead atoms. The summed E-state index contributed by atoms with van der Waals surface area (Å²) in [6.45, 7) is 6.61. The van der Waals surface area contributed by atoms with Gasteiger partial charge in [0.15, 0.2) is 5.96 Å². The van der Waals surface area contributed by atoms with Gasteiger partial charge in [-0.05, 0) is 30.9 Å².